The summed E-state index contributed by atoms with van der Waals surface area (Å²) in [6.07, 6.45) is 7.04. The standard InChI is InChI=1S/C18H24N4/c1-2-4-15(5-3-1)11-21-9-8-17(12-21)10-18-20-19-14-22(18)13-16-6-7-16/h1-5,14,16-17H,6-13H2. The Labute approximate surface area is 132 Å². The Bertz CT molecular complexity index is 603. The van der Waals surface area contributed by atoms with Gasteiger partial charge in [-0.15, -0.1) is 10.2 Å². The van der Waals surface area contributed by atoms with Crippen molar-refractivity contribution < 1.29 is 0 Å². The minimum Gasteiger partial charge on any atom is -0.317 e. The number of aromatic nitrogens is 3. The molecule has 22 heavy (non-hydrogen) atoms. The van der Waals surface area contributed by atoms with Gasteiger partial charge in [0.1, 0.15) is 12.2 Å². The molecule has 1 unspecified atom stereocenters. The molecule has 0 N–H and O–H groups in total. The summed E-state index contributed by atoms with van der Waals surface area (Å²) in [5.41, 5.74) is 1.42. The van der Waals surface area contributed by atoms with Gasteiger partial charge < -0.3 is 4.57 Å². The van der Waals surface area contributed by atoms with E-state index >= 15 is 0 Å². The van der Waals surface area contributed by atoms with Crippen LogP contribution in [-0.4, -0.2) is 32.8 Å². The molecule has 4 heteroatoms. The lowest BCUT2D eigenvalue weighted by Crippen LogP contribution is -2.21. The van der Waals surface area contributed by atoms with Crippen molar-refractivity contribution in [3.8, 4) is 0 Å². The van der Waals surface area contributed by atoms with Gasteiger partial charge in [-0.05, 0) is 43.2 Å². The van der Waals surface area contributed by atoms with Gasteiger partial charge in [-0.3, -0.25) is 4.90 Å². The molecule has 2 heterocycles. The van der Waals surface area contributed by atoms with E-state index in [0.717, 1.165) is 31.3 Å². The highest BCUT2D eigenvalue weighted by molar-refractivity contribution is 5.14. The fraction of sp³-hybridized carbons (Fsp3) is 0.556. The van der Waals surface area contributed by atoms with Crippen LogP contribution in [0.3, 0.4) is 0 Å². The van der Waals surface area contributed by atoms with Crippen molar-refractivity contribution in [2.24, 2.45) is 11.8 Å². The van der Waals surface area contributed by atoms with Gasteiger partial charge in [-0.2, -0.15) is 0 Å². The Morgan fingerprint density at radius 1 is 1.05 bits per heavy atom. The van der Waals surface area contributed by atoms with Crippen LogP contribution in [0.4, 0.5) is 0 Å². The largest absolute Gasteiger partial charge is 0.317 e. The summed E-state index contributed by atoms with van der Waals surface area (Å²) in [6.45, 7) is 4.59. The molecule has 1 saturated carbocycles. The van der Waals surface area contributed by atoms with Crippen LogP contribution in [0, 0.1) is 11.8 Å². The summed E-state index contributed by atoms with van der Waals surface area (Å²) in [6, 6.07) is 10.8. The molecule has 4 nitrogen and oxygen atoms in total. The van der Waals surface area contributed by atoms with E-state index in [2.05, 4.69) is 50.0 Å². The molecule has 116 valence electrons. The van der Waals surface area contributed by atoms with E-state index in [9.17, 15) is 0 Å². The summed E-state index contributed by atoms with van der Waals surface area (Å²) in [7, 11) is 0. The van der Waals surface area contributed by atoms with E-state index in [1.54, 1.807) is 0 Å². The van der Waals surface area contributed by atoms with E-state index in [0.29, 0.717) is 0 Å². The summed E-state index contributed by atoms with van der Waals surface area (Å²) in [5.74, 6) is 2.80. The molecule has 0 radical (unpaired) electrons. The molecular weight excluding hydrogens is 272 g/mol. The first kappa shape index (κ1) is 13.9. The Morgan fingerprint density at radius 2 is 1.91 bits per heavy atom. The normalized spacial score (nSPS) is 22.3. The van der Waals surface area contributed by atoms with Crippen LogP contribution in [0.25, 0.3) is 0 Å². The third-order valence-electron chi connectivity index (χ3n) is 4.94. The molecule has 1 aromatic heterocycles. The average Bonchev–Trinajstić information content (AvgIpc) is 3.08. The molecule has 0 bridgehead atoms. The molecule has 4 rings (SSSR count). The fourth-order valence-corrected chi connectivity index (χ4v) is 3.49. The lowest BCUT2D eigenvalue weighted by molar-refractivity contribution is 0.315. The van der Waals surface area contributed by atoms with Crippen LogP contribution < -0.4 is 0 Å². The van der Waals surface area contributed by atoms with E-state index < -0.39 is 0 Å². The van der Waals surface area contributed by atoms with E-state index in [-0.39, 0.29) is 0 Å². The second-order valence-electron chi connectivity index (χ2n) is 6.92. The molecular formula is C18H24N4. The first-order chi connectivity index (χ1) is 10.9. The molecule has 1 aromatic carbocycles. The van der Waals surface area contributed by atoms with Crippen LogP contribution in [-0.2, 0) is 19.5 Å². The average molecular weight is 296 g/mol. The number of nitrogens with zero attached hydrogens (tertiary/aromatic N) is 4. The third kappa shape index (κ3) is 3.38. The molecule has 1 saturated heterocycles. The molecule has 1 aliphatic heterocycles. The monoisotopic (exact) mass is 296 g/mol. The summed E-state index contributed by atoms with van der Waals surface area (Å²) >= 11 is 0. The molecule has 2 aromatic rings. The molecule has 2 aliphatic rings. The van der Waals surface area contributed by atoms with E-state index in [4.69, 9.17) is 0 Å². The lowest BCUT2D eigenvalue weighted by Gasteiger charge is -2.16. The van der Waals surface area contributed by atoms with Gasteiger partial charge in [0.05, 0.1) is 0 Å². The van der Waals surface area contributed by atoms with Gasteiger partial charge in [0.2, 0.25) is 0 Å². The Balaban J connectivity index is 1.32. The van der Waals surface area contributed by atoms with Gasteiger partial charge in [0.25, 0.3) is 0 Å². The maximum Gasteiger partial charge on any atom is 0.133 e. The zero-order valence-corrected chi connectivity index (χ0v) is 13.1. The quantitative estimate of drug-likeness (QED) is 0.822. The highest BCUT2D eigenvalue weighted by Crippen LogP contribution is 2.31. The van der Waals surface area contributed by atoms with E-state index in [1.165, 1.54) is 43.7 Å². The topological polar surface area (TPSA) is 34.0 Å². The number of likely N-dealkylation sites (tertiary alicyclic amines) is 1. The Kier molecular flexibility index (Phi) is 3.94. The van der Waals surface area contributed by atoms with Crippen LogP contribution >= 0.6 is 0 Å². The second-order valence-corrected chi connectivity index (χ2v) is 6.92. The van der Waals surface area contributed by atoms with Crippen LogP contribution in [0.15, 0.2) is 36.7 Å². The number of rotatable bonds is 6. The first-order valence-electron chi connectivity index (χ1n) is 8.50. The van der Waals surface area contributed by atoms with Crippen molar-refractivity contribution in [1.82, 2.24) is 19.7 Å². The highest BCUT2D eigenvalue weighted by Gasteiger charge is 2.26. The van der Waals surface area contributed by atoms with Crippen LogP contribution in [0.2, 0.25) is 0 Å². The van der Waals surface area contributed by atoms with Crippen LogP contribution in [0.5, 0.6) is 0 Å². The molecule has 1 atom stereocenters. The maximum absolute atomic E-state index is 4.36. The zero-order chi connectivity index (χ0) is 14.8. The highest BCUT2D eigenvalue weighted by atomic mass is 15.3. The maximum atomic E-state index is 4.36. The van der Waals surface area contributed by atoms with Gasteiger partial charge in [0.15, 0.2) is 0 Å². The smallest absolute Gasteiger partial charge is 0.133 e. The number of hydrogen-bond acceptors (Lipinski definition) is 3. The van der Waals surface area contributed by atoms with Gasteiger partial charge in [-0.1, -0.05) is 30.3 Å². The molecule has 0 spiro atoms. The Morgan fingerprint density at radius 3 is 2.73 bits per heavy atom. The van der Waals surface area contributed by atoms with Gasteiger partial charge in [-0.25, -0.2) is 0 Å². The predicted molar refractivity (Wildman–Crippen MR) is 86.3 cm³/mol. The van der Waals surface area contributed by atoms with Crippen LogP contribution in [0.1, 0.15) is 30.7 Å². The number of benzene rings is 1. The van der Waals surface area contributed by atoms with Gasteiger partial charge >= 0.3 is 0 Å². The molecule has 2 fully saturated rings. The summed E-state index contributed by atoms with van der Waals surface area (Å²) in [4.78, 5) is 2.57. The summed E-state index contributed by atoms with van der Waals surface area (Å²) < 4.78 is 2.29. The Hall–Kier alpha value is -1.68. The molecule has 0 amide bonds. The zero-order valence-electron chi connectivity index (χ0n) is 13.1. The lowest BCUT2D eigenvalue weighted by atomic mass is 10.0. The van der Waals surface area contributed by atoms with Crippen molar-refractivity contribution >= 4 is 0 Å². The summed E-state index contributed by atoms with van der Waals surface area (Å²) in [5, 5.41) is 8.50. The predicted octanol–water partition coefficient (Wildman–Crippen LogP) is 2.75. The SMILES string of the molecule is c1ccc(CN2CCC(Cc3nncn3CC3CC3)C2)cc1. The van der Waals surface area contributed by atoms with Crippen molar-refractivity contribution in [3.05, 3.63) is 48.0 Å². The van der Waals surface area contributed by atoms with Gasteiger partial charge in [0, 0.05) is 26.1 Å². The minimum absolute atomic E-state index is 0.728. The van der Waals surface area contributed by atoms with Crippen molar-refractivity contribution in [1.29, 1.82) is 0 Å². The second kappa shape index (κ2) is 6.21. The number of hydrogen-bond donors (Lipinski definition) is 0. The van der Waals surface area contributed by atoms with Crippen molar-refractivity contribution in [2.75, 3.05) is 13.1 Å². The van der Waals surface area contributed by atoms with Crippen molar-refractivity contribution in [3.63, 3.8) is 0 Å². The third-order valence-corrected chi connectivity index (χ3v) is 4.94. The first-order valence-corrected chi connectivity index (χ1v) is 8.50. The molecule has 1 aliphatic carbocycles. The fourth-order valence-electron chi connectivity index (χ4n) is 3.49. The van der Waals surface area contributed by atoms with E-state index in [1.807, 2.05) is 6.33 Å². The van der Waals surface area contributed by atoms with Crippen molar-refractivity contribution in [2.45, 2.75) is 38.8 Å². The minimum atomic E-state index is 0.728.